The minimum absolute atomic E-state index is 0.0881. The van der Waals surface area contributed by atoms with E-state index in [-0.39, 0.29) is 40.9 Å². The largest absolute Gasteiger partial charge is 0.505 e. The van der Waals surface area contributed by atoms with Crippen LogP contribution in [0.4, 0.5) is 14.5 Å². The number of nitrogens with zero attached hydrogens (tertiary/aromatic N) is 2. The quantitative estimate of drug-likeness (QED) is 0.380. The molecule has 41 heavy (non-hydrogen) atoms. The van der Waals surface area contributed by atoms with E-state index in [1.165, 1.54) is 29.2 Å². The number of phenols is 1. The van der Waals surface area contributed by atoms with Gasteiger partial charge in [0, 0.05) is 17.0 Å². The van der Waals surface area contributed by atoms with Gasteiger partial charge in [-0.05, 0) is 70.7 Å². The van der Waals surface area contributed by atoms with E-state index in [1.54, 1.807) is 27.7 Å². The van der Waals surface area contributed by atoms with Gasteiger partial charge in [-0.3, -0.25) is 24.1 Å². The smallest absolute Gasteiger partial charge is 0.241 e. The number of hydrogen-bond donors (Lipinski definition) is 1. The van der Waals surface area contributed by atoms with Crippen LogP contribution in [0.15, 0.2) is 48.0 Å². The van der Waals surface area contributed by atoms with Crippen molar-refractivity contribution in [3.05, 3.63) is 70.3 Å². The van der Waals surface area contributed by atoms with Crippen LogP contribution in [0.1, 0.15) is 52.0 Å². The van der Waals surface area contributed by atoms with Gasteiger partial charge in [0.15, 0.2) is 11.6 Å². The second kappa shape index (κ2) is 8.95. The average molecular weight is 583 g/mol. The fourth-order valence-corrected chi connectivity index (χ4v) is 7.83. The number of allylic oxidation sites excluding steroid dienone is 2. The molecule has 7 nitrogen and oxygen atoms in total. The molecule has 4 aliphatic rings. The van der Waals surface area contributed by atoms with Crippen molar-refractivity contribution in [2.24, 2.45) is 29.1 Å². The van der Waals surface area contributed by atoms with Gasteiger partial charge in [0.05, 0.1) is 33.9 Å². The molecule has 1 N–H and O–H groups in total. The molecule has 10 heteroatoms. The standard InChI is InChI=1S/C31H29ClF2N2O5/c1-30(2,3)36-26(38)16-10-9-15-18(23(16)28(36)40)13-19-27(39)35(14-8-11-21(33)20(32)12-14)29(41)31(19,4)24(15)17-6-5-7-22(34)25(17)37/h5-9,11-12,16,18-19,23-24,37H,10,13H2,1-4H3. The Hall–Kier alpha value is -3.59. The maximum Gasteiger partial charge on any atom is 0.241 e. The summed E-state index contributed by atoms with van der Waals surface area (Å²) in [7, 11) is 0. The summed E-state index contributed by atoms with van der Waals surface area (Å²) in [6.07, 6.45) is 2.16. The minimum atomic E-state index is -1.48. The summed E-state index contributed by atoms with van der Waals surface area (Å²) < 4.78 is 28.7. The lowest BCUT2D eigenvalue weighted by Gasteiger charge is -2.49. The van der Waals surface area contributed by atoms with Crippen molar-refractivity contribution in [3.8, 4) is 5.75 Å². The molecule has 6 atom stereocenters. The van der Waals surface area contributed by atoms with Crippen molar-refractivity contribution in [1.29, 1.82) is 0 Å². The number of rotatable bonds is 2. The van der Waals surface area contributed by atoms with Gasteiger partial charge in [0.2, 0.25) is 23.6 Å². The topological polar surface area (TPSA) is 95.0 Å². The van der Waals surface area contributed by atoms with Crippen LogP contribution < -0.4 is 4.90 Å². The van der Waals surface area contributed by atoms with E-state index in [4.69, 9.17) is 11.6 Å². The highest BCUT2D eigenvalue weighted by atomic mass is 35.5. The van der Waals surface area contributed by atoms with Crippen LogP contribution in [0, 0.1) is 40.7 Å². The molecule has 0 spiro atoms. The number of para-hydroxylation sites is 1. The Morgan fingerprint density at radius 2 is 1.68 bits per heavy atom. The summed E-state index contributed by atoms with van der Waals surface area (Å²) in [6.45, 7) is 6.96. The fourth-order valence-electron chi connectivity index (χ4n) is 7.66. The molecule has 2 aromatic rings. The number of carbonyl (C=O) groups is 4. The van der Waals surface area contributed by atoms with E-state index >= 15 is 0 Å². The van der Waals surface area contributed by atoms with Crippen molar-refractivity contribution in [2.75, 3.05) is 4.90 Å². The van der Waals surface area contributed by atoms with Crippen LogP contribution in [0.5, 0.6) is 5.75 Å². The van der Waals surface area contributed by atoms with Crippen LogP contribution >= 0.6 is 11.6 Å². The molecule has 4 amide bonds. The molecule has 0 radical (unpaired) electrons. The zero-order valence-electron chi connectivity index (χ0n) is 23.0. The van der Waals surface area contributed by atoms with Gasteiger partial charge < -0.3 is 5.11 Å². The fraction of sp³-hybridized carbons (Fsp3) is 0.419. The molecule has 3 fully saturated rings. The summed E-state index contributed by atoms with van der Waals surface area (Å²) in [6, 6.07) is 7.58. The van der Waals surface area contributed by atoms with Gasteiger partial charge in [-0.25, -0.2) is 13.7 Å². The van der Waals surface area contributed by atoms with Crippen molar-refractivity contribution in [3.63, 3.8) is 0 Å². The first-order valence-electron chi connectivity index (χ1n) is 13.6. The lowest BCUT2D eigenvalue weighted by molar-refractivity contribution is -0.145. The molecule has 2 aliphatic heterocycles. The zero-order valence-corrected chi connectivity index (χ0v) is 23.7. The molecule has 0 bridgehead atoms. The van der Waals surface area contributed by atoms with E-state index < -0.39 is 69.7 Å². The zero-order chi connectivity index (χ0) is 29.8. The minimum Gasteiger partial charge on any atom is -0.505 e. The van der Waals surface area contributed by atoms with Gasteiger partial charge in [0.1, 0.15) is 5.82 Å². The van der Waals surface area contributed by atoms with Crippen LogP contribution in [0.25, 0.3) is 0 Å². The van der Waals surface area contributed by atoms with Gasteiger partial charge in [-0.1, -0.05) is 35.4 Å². The molecule has 2 aromatic carbocycles. The Morgan fingerprint density at radius 3 is 2.34 bits per heavy atom. The number of benzene rings is 2. The second-order valence-corrected chi connectivity index (χ2v) is 13.0. The molecule has 6 rings (SSSR count). The summed E-state index contributed by atoms with van der Waals surface area (Å²) in [5.74, 6) is -7.95. The lowest BCUT2D eigenvalue weighted by Crippen LogP contribution is -2.49. The highest BCUT2D eigenvalue weighted by molar-refractivity contribution is 6.31. The molecule has 214 valence electrons. The van der Waals surface area contributed by atoms with Gasteiger partial charge >= 0.3 is 0 Å². The van der Waals surface area contributed by atoms with Crippen molar-refractivity contribution in [2.45, 2.75) is 52.0 Å². The van der Waals surface area contributed by atoms with E-state index in [9.17, 15) is 33.1 Å². The van der Waals surface area contributed by atoms with Crippen LogP contribution in [-0.4, -0.2) is 39.2 Å². The monoisotopic (exact) mass is 582 g/mol. The van der Waals surface area contributed by atoms with E-state index in [1.807, 2.05) is 6.08 Å². The molecule has 2 saturated heterocycles. The number of amides is 4. The highest BCUT2D eigenvalue weighted by Crippen LogP contribution is 2.64. The van der Waals surface area contributed by atoms with Crippen LogP contribution in [-0.2, 0) is 19.2 Å². The predicted molar refractivity (Wildman–Crippen MR) is 146 cm³/mol. The first kappa shape index (κ1) is 27.6. The van der Waals surface area contributed by atoms with Crippen molar-refractivity contribution >= 4 is 40.9 Å². The maximum atomic E-state index is 14.7. The Morgan fingerprint density at radius 1 is 0.976 bits per heavy atom. The van der Waals surface area contributed by atoms with E-state index in [0.29, 0.717) is 5.57 Å². The SMILES string of the molecule is CC12C(=O)N(c3ccc(F)c(Cl)c3)C(=O)C1CC1C(=CCC3C(=O)N(C(C)(C)C)C(=O)C31)C2c1cccc(F)c1O. The Labute approximate surface area is 240 Å². The number of likely N-dealkylation sites (tertiary alicyclic amines) is 1. The Bertz CT molecular complexity index is 1580. The van der Waals surface area contributed by atoms with Gasteiger partial charge in [0.25, 0.3) is 0 Å². The summed E-state index contributed by atoms with van der Waals surface area (Å²) in [5.41, 5.74) is -1.40. The number of carbonyl (C=O) groups excluding carboxylic acids is 4. The van der Waals surface area contributed by atoms with E-state index in [2.05, 4.69) is 0 Å². The van der Waals surface area contributed by atoms with Crippen LogP contribution in [0.3, 0.4) is 0 Å². The Balaban J connectivity index is 1.54. The summed E-state index contributed by atoms with van der Waals surface area (Å²) in [5, 5.41) is 10.6. The van der Waals surface area contributed by atoms with Gasteiger partial charge in [-0.2, -0.15) is 0 Å². The second-order valence-electron chi connectivity index (χ2n) is 12.6. The molecule has 6 unspecified atom stereocenters. The van der Waals surface area contributed by atoms with Crippen LogP contribution in [0.2, 0.25) is 5.02 Å². The normalized spacial score (nSPS) is 31.3. The summed E-state index contributed by atoms with van der Waals surface area (Å²) in [4.78, 5) is 57.9. The first-order valence-corrected chi connectivity index (χ1v) is 14.0. The molecular formula is C31H29ClF2N2O5. The third kappa shape index (κ3) is 3.67. The number of halogens is 3. The summed E-state index contributed by atoms with van der Waals surface area (Å²) >= 11 is 6.00. The van der Waals surface area contributed by atoms with E-state index in [0.717, 1.165) is 17.0 Å². The highest BCUT2D eigenvalue weighted by Gasteiger charge is 2.68. The van der Waals surface area contributed by atoms with Crippen molar-refractivity contribution in [1.82, 2.24) is 4.90 Å². The molecular weight excluding hydrogens is 554 g/mol. The first-order chi connectivity index (χ1) is 19.2. The third-order valence-corrected chi connectivity index (χ3v) is 9.73. The van der Waals surface area contributed by atoms with Crippen molar-refractivity contribution < 1.29 is 33.1 Å². The number of anilines is 1. The number of hydrogen-bond acceptors (Lipinski definition) is 5. The number of imide groups is 2. The van der Waals surface area contributed by atoms with Gasteiger partial charge in [-0.15, -0.1) is 0 Å². The third-order valence-electron chi connectivity index (χ3n) is 9.44. The number of fused-ring (bicyclic) bond motifs is 4. The Kier molecular flexibility index (Phi) is 6.02. The lowest BCUT2D eigenvalue weighted by atomic mass is 9.51. The predicted octanol–water partition coefficient (Wildman–Crippen LogP) is 5.35. The molecule has 1 saturated carbocycles. The molecule has 0 aromatic heterocycles. The average Bonchev–Trinajstić information content (AvgIpc) is 3.27. The number of aromatic hydroxyl groups is 1. The molecule has 2 heterocycles. The molecule has 2 aliphatic carbocycles. The maximum absolute atomic E-state index is 14.7. The number of phenolic OH excluding ortho intramolecular Hbond substituents is 1.